The maximum atomic E-state index is 12.8. The van der Waals surface area contributed by atoms with E-state index in [9.17, 15) is 9.59 Å². The fraction of sp³-hybridized carbons (Fsp3) is 0.688. The molecule has 2 fully saturated rings. The predicted molar refractivity (Wildman–Crippen MR) is 93.0 cm³/mol. The second kappa shape index (κ2) is 8.48. The van der Waals surface area contributed by atoms with Crippen molar-refractivity contribution in [1.29, 1.82) is 0 Å². The van der Waals surface area contributed by atoms with Crippen molar-refractivity contribution in [3.63, 3.8) is 0 Å². The number of hydrogen-bond donors (Lipinski definition) is 2. The molecule has 1 aromatic rings. The van der Waals surface area contributed by atoms with Crippen LogP contribution < -0.4 is 10.6 Å². The number of aromatic nitrogens is 2. The standard InChI is InChI=1S/C16H25N5O2.ClH/c22-14(20-10-2-1-3-11-20)13-18-15(23)16(5-8-17-9-6-16)21-12-4-7-19-21;/h4,7,12,17H,1-3,5-6,8-11,13H2,(H,18,23);1H. The van der Waals surface area contributed by atoms with Crippen LogP contribution in [-0.2, 0) is 15.1 Å². The van der Waals surface area contributed by atoms with E-state index in [0.717, 1.165) is 39.0 Å². The van der Waals surface area contributed by atoms with E-state index in [-0.39, 0.29) is 30.8 Å². The van der Waals surface area contributed by atoms with E-state index in [0.29, 0.717) is 12.8 Å². The van der Waals surface area contributed by atoms with Crippen LogP contribution in [0.5, 0.6) is 0 Å². The average Bonchev–Trinajstić information content (AvgIpc) is 3.16. The molecule has 0 aromatic carbocycles. The number of carbonyl (C=O) groups excluding carboxylic acids is 2. The Kier molecular flexibility index (Phi) is 6.62. The molecule has 3 rings (SSSR count). The molecule has 134 valence electrons. The third-order valence-corrected chi connectivity index (χ3v) is 4.91. The fourth-order valence-electron chi connectivity index (χ4n) is 3.50. The average molecular weight is 356 g/mol. The Balaban J connectivity index is 0.00000208. The number of rotatable bonds is 4. The van der Waals surface area contributed by atoms with E-state index in [1.165, 1.54) is 6.42 Å². The lowest BCUT2D eigenvalue weighted by Gasteiger charge is -2.36. The van der Waals surface area contributed by atoms with E-state index in [1.807, 2.05) is 17.2 Å². The predicted octanol–water partition coefficient (Wildman–Crippen LogP) is 0.512. The van der Waals surface area contributed by atoms with Crippen LogP contribution >= 0.6 is 12.4 Å². The lowest BCUT2D eigenvalue weighted by atomic mass is 9.87. The van der Waals surface area contributed by atoms with Gasteiger partial charge in [-0.2, -0.15) is 5.10 Å². The summed E-state index contributed by atoms with van der Waals surface area (Å²) in [5.74, 6) is -0.0874. The summed E-state index contributed by atoms with van der Waals surface area (Å²) >= 11 is 0. The molecular formula is C16H26ClN5O2. The highest BCUT2D eigenvalue weighted by molar-refractivity contribution is 5.89. The van der Waals surface area contributed by atoms with Crippen LogP contribution in [0.3, 0.4) is 0 Å². The number of piperidine rings is 2. The van der Waals surface area contributed by atoms with Crippen molar-refractivity contribution in [3.8, 4) is 0 Å². The number of amides is 2. The first-order valence-corrected chi connectivity index (χ1v) is 8.49. The van der Waals surface area contributed by atoms with Crippen molar-refractivity contribution in [1.82, 2.24) is 25.3 Å². The van der Waals surface area contributed by atoms with Gasteiger partial charge in [0.1, 0.15) is 5.54 Å². The zero-order valence-corrected chi connectivity index (χ0v) is 14.7. The van der Waals surface area contributed by atoms with Crippen molar-refractivity contribution in [2.24, 2.45) is 0 Å². The van der Waals surface area contributed by atoms with Gasteiger partial charge in [-0.3, -0.25) is 14.3 Å². The summed E-state index contributed by atoms with van der Waals surface area (Å²) in [5.41, 5.74) is -0.684. The Hall–Kier alpha value is -1.60. The molecule has 0 saturated carbocycles. The van der Waals surface area contributed by atoms with Gasteiger partial charge in [-0.1, -0.05) is 0 Å². The van der Waals surface area contributed by atoms with Crippen LogP contribution in [0.2, 0.25) is 0 Å². The first kappa shape index (κ1) is 18.7. The van der Waals surface area contributed by atoms with Gasteiger partial charge in [0.15, 0.2) is 0 Å². The van der Waals surface area contributed by atoms with E-state index >= 15 is 0 Å². The highest BCUT2D eigenvalue weighted by atomic mass is 35.5. The van der Waals surface area contributed by atoms with Crippen LogP contribution in [-0.4, -0.2) is 59.2 Å². The lowest BCUT2D eigenvalue weighted by Crippen LogP contribution is -2.56. The fourth-order valence-corrected chi connectivity index (χ4v) is 3.50. The minimum atomic E-state index is -0.684. The van der Waals surface area contributed by atoms with E-state index in [2.05, 4.69) is 15.7 Å². The molecule has 0 aliphatic carbocycles. The molecular weight excluding hydrogens is 330 g/mol. The molecule has 2 amide bonds. The van der Waals surface area contributed by atoms with Gasteiger partial charge in [0.25, 0.3) is 0 Å². The molecule has 0 bridgehead atoms. The molecule has 0 unspecified atom stereocenters. The summed E-state index contributed by atoms with van der Waals surface area (Å²) in [6.45, 7) is 3.24. The van der Waals surface area contributed by atoms with Crippen LogP contribution in [0, 0.1) is 0 Å². The third-order valence-electron chi connectivity index (χ3n) is 4.91. The summed E-state index contributed by atoms with van der Waals surface area (Å²) in [6, 6.07) is 1.83. The maximum Gasteiger partial charge on any atom is 0.248 e. The Morgan fingerprint density at radius 1 is 1.17 bits per heavy atom. The number of halogens is 1. The zero-order chi connectivity index (χ0) is 16.1. The van der Waals surface area contributed by atoms with Crippen molar-refractivity contribution >= 4 is 24.2 Å². The third kappa shape index (κ3) is 3.89. The van der Waals surface area contributed by atoms with Crippen molar-refractivity contribution in [2.45, 2.75) is 37.6 Å². The Morgan fingerprint density at radius 2 is 1.88 bits per heavy atom. The SMILES string of the molecule is Cl.O=C(CNC(=O)C1(n2cccn2)CCNCC1)N1CCCCC1. The van der Waals surface area contributed by atoms with E-state index in [1.54, 1.807) is 10.9 Å². The van der Waals surface area contributed by atoms with Gasteiger partial charge >= 0.3 is 0 Å². The monoisotopic (exact) mass is 355 g/mol. The molecule has 1 aromatic heterocycles. The van der Waals surface area contributed by atoms with Crippen molar-refractivity contribution in [2.75, 3.05) is 32.7 Å². The first-order chi connectivity index (χ1) is 11.2. The first-order valence-electron chi connectivity index (χ1n) is 8.49. The summed E-state index contributed by atoms with van der Waals surface area (Å²) in [7, 11) is 0. The molecule has 2 saturated heterocycles. The maximum absolute atomic E-state index is 12.8. The Morgan fingerprint density at radius 3 is 2.50 bits per heavy atom. The summed E-state index contributed by atoms with van der Waals surface area (Å²) in [5, 5.41) is 10.4. The van der Waals surface area contributed by atoms with Gasteiger partial charge in [0.05, 0.1) is 6.54 Å². The molecule has 0 spiro atoms. The second-order valence-electron chi connectivity index (χ2n) is 6.36. The molecule has 3 heterocycles. The number of carbonyl (C=O) groups is 2. The van der Waals surface area contributed by atoms with Gasteiger partial charge in [-0.15, -0.1) is 12.4 Å². The molecule has 2 aliphatic heterocycles. The van der Waals surface area contributed by atoms with Gasteiger partial charge in [-0.25, -0.2) is 0 Å². The largest absolute Gasteiger partial charge is 0.345 e. The lowest BCUT2D eigenvalue weighted by molar-refractivity contribution is -0.137. The highest BCUT2D eigenvalue weighted by Crippen LogP contribution is 2.27. The minimum Gasteiger partial charge on any atom is -0.345 e. The number of nitrogens with one attached hydrogen (secondary N) is 2. The Bertz CT molecular complexity index is 537. The Labute approximate surface area is 148 Å². The smallest absolute Gasteiger partial charge is 0.248 e. The normalized spacial score (nSPS) is 20.1. The molecule has 2 aliphatic rings. The van der Waals surface area contributed by atoms with Crippen LogP contribution in [0.4, 0.5) is 0 Å². The van der Waals surface area contributed by atoms with Gasteiger partial charge in [-0.05, 0) is 51.3 Å². The second-order valence-corrected chi connectivity index (χ2v) is 6.36. The minimum absolute atomic E-state index is 0. The number of likely N-dealkylation sites (tertiary alicyclic amines) is 1. The van der Waals surface area contributed by atoms with Crippen LogP contribution in [0.1, 0.15) is 32.1 Å². The molecule has 8 heteroatoms. The number of hydrogen-bond acceptors (Lipinski definition) is 4. The molecule has 24 heavy (non-hydrogen) atoms. The molecule has 0 atom stereocenters. The van der Waals surface area contributed by atoms with E-state index < -0.39 is 5.54 Å². The topological polar surface area (TPSA) is 79.3 Å². The molecule has 0 radical (unpaired) electrons. The van der Waals surface area contributed by atoms with Crippen LogP contribution in [0.25, 0.3) is 0 Å². The summed E-state index contributed by atoms with van der Waals surface area (Å²) in [6.07, 6.45) is 8.18. The van der Waals surface area contributed by atoms with Gasteiger partial charge in [0.2, 0.25) is 11.8 Å². The molecule has 2 N–H and O–H groups in total. The summed E-state index contributed by atoms with van der Waals surface area (Å²) in [4.78, 5) is 26.9. The highest BCUT2D eigenvalue weighted by Gasteiger charge is 2.42. The zero-order valence-electron chi connectivity index (χ0n) is 13.9. The van der Waals surface area contributed by atoms with Gasteiger partial charge in [0, 0.05) is 25.5 Å². The van der Waals surface area contributed by atoms with Crippen molar-refractivity contribution < 1.29 is 9.59 Å². The molecule has 7 nitrogen and oxygen atoms in total. The van der Waals surface area contributed by atoms with E-state index in [4.69, 9.17) is 0 Å². The summed E-state index contributed by atoms with van der Waals surface area (Å²) < 4.78 is 1.74. The quantitative estimate of drug-likeness (QED) is 0.825. The van der Waals surface area contributed by atoms with Gasteiger partial charge < -0.3 is 15.5 Å². The number of nitrogens with zero attached hydrogens (tertiary/aromatic N) is 3. The van der Waals surface area contributed by atoms with Crippen molar-refractivity contribution in [3.05, 3.63) is 18.5 Å². The van der Waals surface area contributed by atoms with Crippen LogP contribution in [0.15, 0.2) is 18.5 Å².